The zero-order valence-electron chi connectivity index (χ0n) is 13.0. The van der Waals surface area contributed by atoms with Crippen LogP contribution in [0, 0.1) is 13.8 Å². The first-order valence-electron chi connectivity index (χ1n) is 7.38. The SMILES string of the molecule is Cc1ccc(C)cc1.O=C(O)CCCCCCCC(=O)O. The number of hydrogen-bond donors (Lipinski definition) is 2. The van der Waals surface area contributed by atoms with Crippen molar-refractivity contribution < 1.29 is 19.8 Å². The van der Waals surface area contributed by atoms with Gasteiger partial charge in [-0.15, -0.1) is 0 Å². The summed E-state index contributed by atoms with van der Waals surface area (Å²) in [7, 11) is 0. The van der Waals surface area contributed by atoms with Crippen molar-refractivity contribution in [3.63, 3.8) is 0 Å². The van der Waals surface area contributed by atoms with Crippen LogP contribution in [-0.2, 0) is 9.59 Å². The van der Waals surface area contributed by atoms with Gasteiger partial charge in [0, 0.05) is 12.8 Å². The third kappa shape index (κ3) is 14.4. The Morgan fingerprint density at radius 3 is 1.29 bits per heavy atom. The number of hydrogen-bond acceptors (Lipinski definition) is 2. The van der Waals surface area contributed by atoms with Crippen LogP contribution in [0.25, 0.3) is 0 Å². The summed E-state index contributed by atoms with van der Waals surface area (Å²) in [5.74, 6) is -1.52. The van der Waals surface area contributed by atoms with E-state index in [0.717, 1.165) is 19.3 Å². The van der Waals surface area contributed by atoms with Crippen molar-refractivity contribution in [2.75, 3.05) is 0 Å². The molecule has 0 saturated carbocycles. The Kier molecular flexibility index (Phi) is 10.9. The molecule has 4 heteroatoms. The van der Waals surface area contributed by atoms with E-state index >= 15 is 0 Å². The van der Waals surface area contributed by atoms with Crippen LogP contribution in [0.1, 0.15) is 56.1 Å². The number of carboxylic acids is 2. The molecule has 1 aromatic rings. The maximum atomic E-state index is 10.1. The molecular weight excluding hydrogens is 268 g/mol. The molecule has 1 aromatic carbocycles. The second-order valence-electron chi connectivity index (χ2n) is 5.21. The van der Waals surface area contributed by atoms with Crippen LogP contribution in [0.3, 0.4) is 0 Å². The van der Waals surface area contributed by atoms with Gasteiger partial charge in [0.1, 0.15) is 0 Å². The van der Waals surface area contributed by atoms with Crippen molar-refractivity contribution in [1.29, 1.82) is 0 Å². The molecule has 0 unspecified atom stereocenters. The lowest BCUT2D eigenvalue weighted by Gasteiger charge is -1.97. The molecule has 0 aliphatic heterocycles. The fourth-order valence-corrected chi connectivity index (χ4v) is 1.72. The van der Waals surface area contributed by atoms with Gasteiger partial charge in [-0.3, -0.25) is 9.59 Å². The molecule has 0 spiro atoms. The van der Waals surface area contributed by atoms with Crippen LogP contribution in [0.2, 0.25) is 0 Å². The number of unbranched alkanes of at least 4 members (excludes halogenated alkanes) is 4. The van der Waals surface area contributed by atoms with Crippen LogP contribution in [0.15, 0.2) is 24.3 Å². The highest BCUT2D eigenvalue weighted by Crippen LogP contribution is 2.06. The van der Waals surface area contributed by atoms with Gasteiger partial charge in [-0.05, 0) is 26.7 Å². The van der Waals surface area contributed by atoms with Crippen LogP contribution < -0.4 is 0 Å². The molecule has 0 aliphatic carbocycles. The molecular formula is C17H26O4. The van der Waals surface area contributed by atoms with Gasteiger partial charge in [0.2, 0.25) is 0 Å². The molecule has 0 radical (unpaired) electrons. The average Bonchev–Trinajstić information content (AvgIpc) is 2.41. The first-order chi connectivity index (χ1) is 9.91. The predicted octanol–water partition coefficient (Wildman–Crippen LogP) is 4.19. The van der Waals surface area contributed by atoms with Gasteiger partial charge in [-0.2, -0.15) is 0 Å². The molecule has 0 aromatic heterocycles. The van der Waals surface area contributed by atoms with E-state index in [0.29, 0.717) is 12.8 Å². The molecule has 2 N–H and O–H groups in total. The summed E-state index contributed by atoms with van der Waals surface area (Å²) < 4.78 is 0. The summed E-state index contributed by atoms with van der Waals surface area (Å²) in [4.78, 5) is 20.2. The van der Waals surface area contributed by atoms with Gasteiger partial charge in [0.25, 0.3) is 0 Å². The van der Waals surface area contributed by atoms with Crippen LogP contribution in [0.4, 0.5) is 0 Å². The first-order valence-corrected chi connectivity index (χ1v) is 7.38. The molecule has 0 atom stereocenters. The van der Waals surface area contributed by atoms with Gasteiger partial charge in [-0.25, -0.2) is 0 Å². The minimum absolute atomic E-state index is 0.221. The van der Waals surface area contributed by atoms with E-state index < -0.39 is 11.9 Å². The third-order valence-electron chi connectivity index (χ3n) is 3.00. The molecule has 0 aliphatic rings. The van der Waals surface area contributed by atoms with E-state index in [9.17, 15) is 9.59 Å². The second-order valence-corrected chi connectivity index (χ2v) is 5.21. The molecule has 118 valence electrons. The van der Waals surface area contributed by atoms with Gasteiger partial charge in [-0.1, -0.05) is 54.7 Å². The molecule has 0 bridgehead atoms. The summed E-state index contributed by atoms with van der Waals surface area (Å²) in [6, 6.07) is 8.48. The smallest absolute Gasteiger partial charge is 0.303 e. The minimum atomic E-state index is -0.759. The van der Waals surface area contributed by atoms with Gasteiger partial charge in [0.05, 0.1) is 0 Å². The summed E-state index contributed by atoms with van der Waals surface area (Å²) in [6.45, 7) is 4.19. The lowest BCUT2D eigenvalue weighted by atomic mass is 10.1. The molecule has 0 heterocycles. The lowest BCUT2D eigenvalue weighted by Crippen LogP contribution is -1.95. The molecule has 0 fully saturated rings. The Labute approximate surface area is 126 Å². The van der Waals surface area contributed by atoms with Crippen molar-refractivity contribution in [1.82, 2.24) is 0 Å². The molecule has 1 rings (SSSR count). The average molecular weight is 294 g/mol. The largest absolute Gasteiger partial charge is 0.481 e. The minimum Gasteiger partial charge on any atom is -0.481 e. The predicted molar refractivity (Wildman–Crippen MR) is 83.5 cm³/mol. The quantitative estimate of drug-likeness (QED) is 0.705. The molecule has 0 amide bonds. The zero-order valence-corrected chi connectivity index (χ0v) is 13.0. The highest BCUT2D eigenvalue weighted by molar-refractivity contribution is 5.66. The van der Waals surface area contributed by atoms with Crippen molar-refractivity contribution in [2.45, 2.75) is 58.8 Å². The van der Waals surface area contributed by atoms with Crippen molar-refractivity contribution in [3.8, 4) is 0 Å². The summed E-state index contributed by atoms with van der Waals surface area (Å²) in [6.07, 6.45) is 4.53. The normalized spacial score (nSPS) is 9.62. The Morgan fingerprint density at radius 2 is 1.00 bits per heavy atom. The second kappa shape index (κ2) is 11.9. The lowest BCUT2D eigenvalue weighted by molar-refractivity contribution is -0.138. The van der Waals surface area contributed by atoms with E-state index in [1.54, 1.807) is 0 Å². The summed E-state index contributed by atoms with van der Waals surface area (Å²) >= 11 is 0. The standard InChI is InChI=1S/C9H16O4.C8H10/c10-8(11)6-4-2-1-3-5-7-9(12)13;1-7-3-5-8(2)6-4-7/h1-7H2,(H,10,11)(H,12,13);3-6H,1-2H3. The number of aliphatic carboxylic acids is 2. The van der Waals surface area contributed by atoms with Crippen LogP contribution in [-0.4, -0.2) is 22.2 Å². The fourth-order valence-electron chi connectivity index (χ4n) is 1.72. The van der Waals surface area contributed by atoms with Crippen molar-refractivity contribution in [3.05, 3.63) is 35.4 Å². The van der Waals surface area contributed by atoms with E-state index in [1.807, 2.05) is 0 Å². The van der Waals surface area contributed by atoms with Crippen molar-refractivity contribution >= 4 is 11.9 Å². The number of rotatable bonds is 8. The first kappa shape index (κ1) is 19.2. The highest BCUT2D eigenvalue weighted by atomic mass is 16.4. The van der Waals surface area contributed by atoms with E-state index in [4.69, 9.17) is 10.2 Å². The molecule has 0 saturated heterocycles. The van der Waals surface area contributed by atoms with E-state index in [-0.39, 0.29) is 12.8 Å². The fraction of sp³-hybridized carbons (Fsp3) is 0.529. The highest BCUT2D eigenvalue weighted by Gasteiger charge is 1.98. The van der Waals surface area contributed by atoms with Gasteiger partial charge in [0.15, 0.2) is 0 Å². The Morgan fingerprint density at radius 1 is 0.714 bits per heavy atom. The Balaban J connectivity index is 0.000000423. The van der Waals surface area contributed by atoms with Gasteiger partial charge >= 0.3 is 11.9 Å². The summed E-state index contributed by atoms with van der Waals surface area (Å²) in [5, 5.41) is 16.6. The van der Waals surface area contributed by atoms with E-state index in [2.05, 4.69) is 38.1 Å². The third-order valence-corrected chi connectivity index (χ3v) is 3.00. The number of benzene rings is 1. The Hall–Kier alpha value is -1.84. The zero-order chi connectivity index (χ0) is 16.1. The van der Waals surface area contributed by atoms with Crippen molar-refractivity contribution in [2.24, 2.45) is 0 Å². The monoisotopic (exact) mass is 294 g/mol. The van der Waals surface area contributed by atoms with Crippen LogP contribution in [0.5, 0.6) is 0 Å². The number of carboxylic acid groups (broad SMARTS) is 2. The summed E-state index contributed by atoms with van der Waals surface area (Å²) in [5.41, 5.74) is 2.66. The molecule has 4 nitrogen and oxygen atoms in total. The maximum Gasteiger partial charge on any atom is 0.303 e. The maximum absolute atomic E-state index is 10.1. The number of carbonyl (C=O) groups is 2. The topological polar surface area (TPSA) is 74.6 Å². The Bertz CT molecular complexity index is 370. The van der Waals surface area contributed by atoms with Crippen LogP contribution >= 0.6 is 0 Å². The molecule has 21 heavy (non-hydrogen) atoms. The van der Waals surface area contributed by atoms with E-state index in [1.165, 1.54) is 11.1 Å². The number of aryl methyl sites for hydroxylation is 2. The van der Waals surface area contributed by atoms with Gasteiger partial charge < -0.3 is 10.2 Å².